The van der Waals surface area contributed by atoms with Gasteiger partial charge in [0.15, 0.2) is 0 Å². The van der Waals surface area contributed by atoms with E-state index >= 15 is 0 Å². The molecule has 0 radical (unpaired) electrons. The fraction of sp³-hybridized carbons (Fsp3) is 0.444. The van der Waals surface area contributed by atoms with Crippen molar-refractivity contribution in [3.63, 3.8) is 0 Å². The van der Waals surface area contributed by atoms with Gasteiger partial charge in [0.1, 0.15) is 12.6 Å². The highest BCUT2D eigenvalue weighted by Gasteiger charge is 2.46. The minimum Gasteiger partial charge on any atom is -0.481 e. The highest BCUT2D eigenvalue weighted by molar-refractivity contribution is 7.98. The first-order chi connectivity index (χ1) is 16.7. The lowest BCUT2D eigenvalue weighted by molar-refractivity contribution is -0.144. The molecule has 35 heavy (non-hydrogen) atoms. The standard InChI is InChI=1S/C27H32N2O5S/c1-27(2)16-29(14-22(27)25(31)32)24(30)23(12-13-35-3)28-26(33)34-15-21-19-10-6-4-8-17(19)18-9-5-7-11-20(18)21/h4-11,21-23H,12-16H2,1-3H3,(H,28,33)(H,31,32). The van der Waals surface area contributed by atoms with Crippen molar-refractivity contribution in [3.05, 3.63) is 59.7 Å². The largest absolute Gasteiger partial charge is 0.481 e. The topological polar surface area (TPSA) is 95.9 Å². The molecule has 0 aromatic heterocycles. The third-order valence-electron chi connectivity index (χ3n) is 7.10. The van der Waals surface area contributed by atoms with E-state index < -0.39 is 29.4 Å². The second-order valence-electron chi connectivity index (χ2n) is 9.90. The normalized spacial score (nSPS) is 19.1. The number of benzene rings is 2. The molecule has 1 fully saturated rings. The number of ether oxygens (including phenoxy) is 1. The lowest BCUT2D eigenvalue weighted by Crippen LogP contribution is -2.49. The van der Waals surface area contributed by atoms with E-state index in [2.05, 4.69) is 29.6 Å². The van der Waals surface area contributed by atoms with Gasteiger partial charge in [0.2, 0.25) is 5.91 Å². The van der Waals surface area contributed by atoms with E-state index in [0.29, 0.717) is 18.7 Å². The third-order valence-corrected chi connectivity index (χ3v) is 7.74. The lowest BCUT2D eigenvalue weighted by atomic mass is 9.82. The van der Waals surface area contributed by atoms with Crippen molar-refractivity contribution in [1.82, 2.24) is 10.2 Å². The number of aliphatic carboxylic acids is 1. The summed E-state index contributed by atoms with van der Waals surface area (Å²) < 4.78 is 5.64. The number of carbonyl (C=O) groups excluding carboxylic acids is 2. The molecule has 2 unspecified atom stereocenters. The number of nitrogens with one attached hydrogen (secondary N) is 1. The second kappa shape index (κ2) is 10.3. The van der Waals surface area contributed by atoms with Gasteiger partial charge >= 0.3 is 12.1 Å². The van der Waals surface area contributed by atoms with Crippen LogP contribution in [-0.2, 0) is 14.3 Å². The van der Waals surface area contributed by atoms with Gasteiger partial charge in [-0.25, -0.2) is 4.79 Å². The molecular formula is C27H32N2O5S. The summed E-state index contributed by atoms with van der Waals surface area (Å²) in [5.74, 6) is -1.19. The van der Waals surface area contributed by atoms with Crippen molar-refractivity contribution in [2.75, 3.05) is 31.7 Å². The van der Waals surface area contributed by atoms with Crippen LogP contribution >= 0.6 is 11.8 Å². The Bertz CT molecular complexity index is 1070. The van der Waals surface area contributed by atoms with Crippen LogP contribution in [0.3, 0.4) is 0 Å². The molecule has 7 nitrogen and oxygen atoms in total. The van der Waals surface area contributed by atoms with Crippen molar-refractivity contribution in [2.24, 2.45) is 11.3 Å². The van der Waals surface area contributed by atoms with Crippen LogP contribution in [0.5, 0.6) is 0 Å². The van der Waals surface area contributed by atoms with Gasteiger partial charge in [-0.2, -0.15) is 11.8 Å². The smallest absolute Gasteiger partial charge is 0.407 e. The highest BCUT2D eigenvalue weighted by atomic mass is 32.2. The van der Waals surface area contributed by atoms with E-state index in [9.17, 15) is 19.5 Å². The van der Waals surface area contributed by atoms with Gasteiger partial charge in [-0.05, 0) is 46.1 Å². The van der Waals surface area contributed by atoms with E-state index in [1.807, 2.05) is 44.4 Å². The number of hydrogen-bond acceptors (Lipinski definition) is 5. The monoisotopic (exact) mass is 496 g/mol. The molecule has 2 N–H and O–H groups in total. The molecule has 4 rings (SSSR count). The predicted octanol–water partition coefficient (Wildman–Crippen LogP) is 4.22. The van der Waals surface area contributed by atoms with Gasteiger partial charge in [0.05, 0.1) is 5.92 Å². The number of carboxylic acids is 1. The first kappa shape index (κ1) is 25.1. The zero-order valence-corrected chi connectivity index (χ0v) is 21.1. The van der Waals surface area contributed by atoms with Crippen molar-refractivity contribution in [1.29, 1.82) is 0 Å². The van der Waals surface area contributed by atoms with Gasteiger partial charge in [-0.3, -0.25) is 9.59 Å². The zero-order valence-electron chi connectivity index (χ0n) is 20.3. The maximum absolute atomic E-state index is 13.3. The van der Waals surface area contributed by atoms with E-state index in [1.54, 1.807) is 16.7 Å². The van der Waals surface area contributed by atoms with Crippen molar-refractivity contribution in [2.45, 2.75) is 32.2 Å². The van der Waals surface area contributed by atoms with Crippen LogP contribution < -0.4 is 5.32 Å². The Hall–Kier alpha value is -3.00. The molecule has 2 amide bonds. The molecule has 0 saturated carbocycles. The summed E-state index contributed by atoms with van der Waals surface area (Å²) >= 11 is 1.58. The summed E-state index contributed by atoms with van der Waals surface area (Å²) in [6.07, 6.45) is 1.74. The SMILES string of the molecule is CSCCC(NC(=O)OCC1c2ccccc2-c2ccccc21)C(=O)N1CC(C(=O)O)C(C)(C)C1. The molecule has 186 valence electrons. The van der Waals surface area contributed by atoms with E-state index in [4.69, 9.17) is 4.74 Å². The summed E-state index contributed by atoms with van der Waals surface area (Å²) in [5.41, 5.74) is 4.01. The second-order valence-corrected chi connectivity index (χ2v) is 10.9. The number of carbonyl (C=O) groups is 3. The zero-order chi connectivity index (χ0) is 25.2. The quantitative estimate of drug-likeness (QED) is 0.568. The maximum Gasteiger partial charge on any atom is 0.407 e. The van der Waals surface area contributed by atoms with Crippen LogP contribution in [0.4, 0.5) is 4.79 Å². The number of rotatable bonds is 8. The Morgan fingerprint density at radius 2 is 1.71 bits per heavy atom. The minimum atomic E-state index is -0.907. The summed E-state index contributed by atoms with van der Waals surface area (Å²) in [6.45, 7) is 4.36. The van der Waals surface area contributed by atoms with E-state index in [1.165, 1.54) is 0 Å². The van der Waals surface area contributed by atoms with Gasteiger partial charge in [-0.1, -0.05) is 62.4 Å². The average Bonchev–Trinajstić information content (AvgIpc) is 3.34. The molecule has 8 heteroatoms. The van der Waals surface area contributed by atoms with Crippen molar-refractivity contribution in [3.8, 4) is 11.1 Å². The number of thioether (sulfide) groups is 1. The van der Waals surface area contributed by atoms with Crippen LogP contribution in [-0.4, -0.2) is 65.7 Å². The number of nitrogens with zero attached hydrogens (tertiary/aromatic N) is 1. The molecule has 1 aliphatic heterocycles. The lowest BCUT2D eigenvalue weighted by Gasteiger charge is -2.25. The maximum atomic E-state index is 13.3. The molecule has 1 saturated heterocycles. The fourth-order valence-corrected chi connectivity index (χ4v) is 5.68. The van der Waals surface area contributed by atoms with Gasteiger partial charge < -0.3 is 20.1 Å². The van der Waals surface area contributed by atoms with Crippen LogP contribution in [0.15, 0.2) is 48.5 Å². The number of hydrogen-bond donors (Lipinski definition) is 2. The number of fused-ring (bicyclic) bond motifs is 3. The predicted molar refractivity (Wildman–Crippen MR) is 136 cm³/mol. The first-order valence-corrected chi connectivity index (χ1v) is 13.2. The van der Waals surface area contributed by atoms with Crippen molar-refractivity contribution < 1.29 is 24.2 Å². The van der Waals surface area contributed by atoms with Crippen LogP contribution in [0, 0.1) is 11.3 Å². The molecule has 0 bridgehead atoms. The van der Waals surface area contributed by atoms with Gasteiger partial charge in [0.25, 0.3) is 0 Å². The summed E-state index contributed by atoms with van der Waals surface area (Å²) in [5, 5.41) is 12.3. The number of likely N-dealkylation sites (tertiary alicyclic amines) is 1. The molecule has 2 atom stereocenters. The minimum absolute atomic E-state index is 0.0656. The van der Waals surface area contributed by atoms with Gasteiger partial charge in [0, 0.05) is 19.0 Å². The Morgan fingerprint density at radius 3 is 2.26 bits per heavy atom. The Morgan fingerprint density at radius 1 is 1.11 bits per heavy atom. The molecule has 2 aromatic carbocycles. The third kappa shape index (κ3) is 5.17. The molecule has 1 heterocycles. The van der Waals surface area contributed by atoms with E-state index in [-0.39, 0.29) is 25.0 Å². The van der Waals surface area contributed by atoms with Crippen molar-refractivity contribution >= 4 is 29.7 Å². The first-order valence-electron chi connectivity index (χ1n) is 11.8. The van der Waals surface area contributed by atoms with Crippen LogP contribution in [0.2, 0.25) is 0 Å². The molecule has 2 aromatic rings. The highest BCUT2D eigenvalue weighted by Crippen LogP contribution is 2.44. The Labute approximate surface area is 210 Å². The molecule has 2 aliphatic rings. The molecular weight excluding hydrogens is 464 g/mol. The van der Waals surface area contributed by atoms with Gasteiger partial charge in [-0.15, -0.1) is 0 Å². The average molecular weight is 497 g/mol. The number of amides is 2. The summed E-state index contributed by atoms with van der Waals surface area (Å²) in [7, 11) is 0. The Kier molecular flexibility index (Phi) is 7.40. The van der Waals surface area contributed by atoms with E-state index in [0.717, 1.165) is 22.3 Å². The fourth-order valence-electron chi connectivity index (χ4n) is 5.21. The summed E-state index contributed by atoms with van der Waals surface area (Å²) in [4.78, 5) is 39.3. The molecule has 0 spiro atoms. The number of carboxylic acid groups (broad SMARTS) is 1. The van der Waals surface area contributed by atoms with Crippen LogP contribution in [0.1, 0.15) is 37.3 Å². The molecule has 1 aliphatic carbocycles. The summed E-state index contributed by atoms with van der Waals surface area (Å²) in [6, 6.07) is 15.5. The van der Waals surface area contributed by atoms with Crippen LogP contribution in [0.25, 0.3) is 11.1 Å². The number of alkyl carbamates (subject to hydrolysis) is 1. The Balaban J connectivity index is 1.42.